The van der Waals surface area contributed by atoms with Crippen molar-refractivity contribution in [3.8, 4) is 5.75 Å². The number of nitrogens with one attached hydrogen (secondary N) is 1. The molecule has 0 unspecified atom stereocenters. The SMILES string of the molecule is COc1ccc2c(c1)[C@]13CCN(CC4CC4)[C@H](C2)[C@@H]1CCNC(=O)C3. The zero-order valence-electron chi connectivity index (χ0n) is 15.1. The monoisotopic (exact) mass is 340 g/mol. The van der Waals surface area contributed by atoms with Gasteiger partial charge < -0.3 is 10.1 Å². The predicted octanol–water partition coefficient (Wildman–Crippen LogP) is 2.50. The summed E-state index contributed by atoms with van der Waals surface area (Å²) in [6, 6.07) is 7.17. The van der Waals surface area contributed by atoms with Gasteiger partial charge in [-0.05, 0) is 73.7 Å². The summed E-state index contributed by atoms with van der Waals surface area (Å²) in [5, 5.41) is 3.15. The van der Waals surface area contributed by atoms with E-state index < -0.39 is 0 Å². The predicted molar refractivity (Wildman–Crippen MR) is 96.8 cm³/mol. The Morgan fingerprint density at radius 2 is 2.20 bits per heavy atom. The van der Waals surface area contributed by atoms with Crippen molar-refractivity contribution in [1.29, 1.82) is 0 Å². The molecule has 1 amide bonds. The van der Waals surface area contributed by atoms with Crippen LogP contribution in [-0.2, 0) is 16.6 Å². The zero-order chi connectivity index (χ0) is 17.0. The van der Waals surface area contributed by atoms with E-state index >= 15 is 0 Å². The Morgan fingerprint density at radius 1 is 1.32 bits per heavy atom. The number of carbonyl (C=O) groups is 1. The van der Waals surface area contributed by atoms with Crippen molar-refractivity contribution in [3.05, 3.63) is 29.3 Å². The van der Waals surface area contributed by atoms with Gasteiger partial charge in [0.05, 0.1) is 7.11 Å². The van der Waals surface area contributed by atoms with E-state index in [1.807, 2.05) is 0 Å². The standard InChI is InChI=1S/C21H28N2O2/c1-25-16-5-4-15-10-19-17-6-8-22-20(24)12-21(17,18(15)11-16)7-9-23(19)13-14-2-3-14/h4-5,11,14,17,19H,2-3,6-10,12-13H2,1H3,(H,22,24)/t17-,19+,21-/m0/s1. The highest BCUT2D eigenvalue weighted by atomic mass is 16.5. The number of piperidine rings is 1. The molecule has 3 atom stereocenters. The van der Waals surface area contributed by atoms with E-state index in [1.165, 1.54) is 30.5 Å². The van der Waals surface area contributed by atoms with Crippen LogP contribution < -0.4 is 10.1 Å². The number of carbonyl (C=O) groups excluding carboxylic acids is 1. The molecule has 4 aliphatic rings. The van der Waals surface area contributed by atoms with Crippen LogP contribution in [0, 0.1) is 11.8 Å². The Kier molecular flexibility index (Phi) is 3.60. The summed E-state index contributed by atoms with van der Waals surface area (Å²) in [4.78, 5) is 15.3. The third kappa shape index (κ3) is 2.49. The second kappa shape index (κ2) is 5.73. The molecule has 1 saturated carbocycles. The minimum absolute atomic E-state index is 0.00737. The summed E-state index contributed by atoms with van der Waals surface area (Å²) in [6.07, 6.45) is 6.81. The average molecular weight is 340 g/mol. The molecule has 4 nitrogen and oxygen atoms in total. The third-order valence-electron chi connectivity index (χ3n) is 7.21. The number of hydrogen-bond acceptors (Lipinski definition) is 3. The lowest BCUT2D eigenvalue weighted by Gasteiger charge is -2.56. The molecule has 25 heavy (non-hydrogen) atoms. The van der Waals surface area contributed by atoms with E-state index in [0.29, 0.717) is 18.4 Å². The Balaban J connectivity index is 1.60. The van der Waals surface area contributed by atoms with Gasteiger partial charge in [-0.2, -0.15) is 0 Å². The van der Waals surface area contributed by atoms with Gasteiger partial charge in [-0.25, -0.2) is 0 Å². The summed E-state index contributed by atoms with van der Waals surface area (Å²) < 4.78 is 5.52. The van der Waals surface area contributed by atoms with Crippen LogP contribution in [0.2, 0.25) is 0 Å². The topological polar surface area (TPSA) is 41.6 Å². The summed E-state index contributed by atoms with van der Waals surface area (Å²) >= 11 is 0. The summed E-state index contributed by atoms with van der Waals surface area (Å²) in [6.45, 7) is 3.24. The number of amides is 1. The van der Waals surface area contributed by atoms with Gasteiger partial charge in [0, 0.05) is 31.0 Å². The van der Waals surface area contributed by atoms with Crippen LogP contribution in [0.3, 0.4) is 0 Å². The number of methoxy groups -OCH3 is 1. The maximum atomic E-state index is 12.5. The number of rotatable bonds is 3. The van der Waals surface area contributed by atoms with Gasteiger partial charge in [-0.3, -0.25) is 9.69 Å². The Morgan fingerprint density at radius 3 is 3.00 bits per heavy atom. The van der Waals surface area contributed by atoms with Gasteiger partial charge in [-0.15, -0.1) is 0 Å². The van der Waals surface area contributed by atoms with Crippen molar-refractivity contribution in [1.82, 2.24) is 10.2 Å². The molecule has 1 aromatic carbocycles. The molecule has 1 aromatic rings. The molecule has 2 saturated heterocycles. The minimum Gasteiger partial charge on any atom is -0.497 e. The molecule has 5 rings (SSSR count). The summed E-state index contributed by atoms with van der Waals surface area (Å²) in [7, 11) is 1.74. The van der Waals surface area contributed by atoms with Crippen molar-refractivity contribution < 1.29 is 9.53 Å². The van der Waals surface area contributed by atoms with E-state index in [2.05, 4.69) is 28.4 Å². The first-order chi connectivity index (χ1) is 12.2. The maximum Gasteiger partial charge on any atom is 0.220 e. The van der Waals surface area contributed by atoms with Crippen molar-refractivity contribution in [2.45, 2.75) is 50.0 Å². The fourth-order valence-electron chi connectivity index (χ4n) is 5.83. The highest BCUT2D eigenvalue weighted by molar-refractivity contribution is 5.78. The quantitative estimate of drug-likeness (QED) is 0.919. The molecule has 1 N–H and O–H groups in total. The molecule has 4 heteroatoms. The smallest absolute Gasteiger partial charge is 0.220 e. The molecular weight excluding hydrogens is 312 g/mol. The van der Waals surface area contributed by atoms with Crippen molar-refractivity contribution in [3.63, 3.8) is 0 Å². The van der Waals surface area contributed by atoms with E-state index in [0.717, 1.165) is 44.0 Å². The van der Waals surface area contributed by atoms with Gasteiger partial charge in [0.15, 0.2) is 0 Å². The van der Waals surface area contributed by atoms with Crippen molar-refractivity contribution in [2.24, 2.45) is 11.8 Å². The largest absolute Gasteiger partial charge is 0.497 e. The molecule has 0 spiro atoms. The van der Waals surface area contributed by atoms with Gasteiger partial charge in [0.2, 0.25) is 5.91 Å². The molecule has 2 bridgehead atoms. The lowest BCUT2D eigenvalue weighted by Crippen LogP contribution is -2.60. The van der Waals surface area contributed by atoms with Crippen molar-refractivity contribution in [2.75, 3.05) is 26.7 Å². The maximum absolute atomic E-state index is 12.5. The molecule has 2 heterocycles. The Labute approximate surface area is 149 Å². The van der Waals surface area contributed by atoms with Crippen LogP contribution in [0.5, 0.6) is 5.75 Å². The first kappa shape index (κ1) is 15.7. The number of hydrogen-bond donors (Lipinski definition) is 1. The van der Waals surface area contributed by atoms with E-state index in [4.69, 9.17) is 4.74 Å². The van der Waals surface area contributed by atoms with Crippen LogP contribution in [0.1, 0.15) is 43.2 Å². The van der Waals surface area contributed by atoms with Gasteiger partial charge in [-0.1, -0.05) is 6.07 Å². The van der Waals surface area contributed by atoms with Crippen LogP contribution in [-0.4, -0.2) is 43.6 Å². The van der Waals surface area contributed by atoms with Crippen molar-refractivity contribution >= 4 is 5.91 Å². The number of nitrogens with zero attached hydrogens (tertiary/aromatic N) is 1. The van der Waals surface area contributed by atoms with Crippen LogP contribution >= 0.6 is 0 Å². The minimum atomic E-state index is 0.00737. The van der Waals surface area contributed by atoms with Crippen LogP contribution in [0.25, 0.3) is 0 Å². The highest BCUT2D eigenvalue weighted by Gasteiger charge is 2.54. The molecular formula is C21H28N2O2. The summed E-state index contributed by atoms with van der Waals surface area (Å²) in [5.74, 6) is 2.66. The fraction of sp³-hybridized carbons (Fsp3) is 0.667. The van der Waals surface area contributed by atoms with Gasteiger partial charge in [0.25, 0.3) is 0 Å². The Bertz CT molecular complexity index is 699. The van der Waals surface area contributed by atoms with Crippen LogP contribution in [0.4, 0.5) is 0 Å². The highest BCUT2D eigenvalue weighted by Crippen LogP contribution is 2.54. The normalized spacial score (nSPS) is 34.5. The van der Waals surface area contributed by atoms with Gasteiger partial charge >= 0.3 is 0 Å². The zero-order valence-corrected chi connectivity index (χ0v) is 15.1. The first-order valence-corrected chi connectivity index (χ1v) is 9.88. The molecule has 134 valence electrons. The van der Waals surface area contributed by atoms with Crippen LogP contribution in [0.15, 0.2) is 18.2 Å². The average Bonchev–Trinajstić information content (AvgIpc) is 3.43. The van der Waals surface area contributed by atoms with E-state index in [1.54, 1.807) is 7.11 Å². The lowest BCUT2D eigenvalue weighted by atomic mass is 9.55. The molecule has 3 fully saturated rings. The number of fused-ring (bicyclic) bond motifs is 1. The lowest BCUT2D eigenvalue weighted by molar-refractivity contribution is -0.123. The molecule has 2 aliphatic carbocycles. The number of likely N-dealkylation sites (tertiary alicyclic amines) is 1. The molecule has 0 radical (unpaired) electrons. The third-order valence-corrected chi connectivity index (χ3v) is 7.21. The number of ether oxygens (including phenoxy) is 1. The number of benzene rings is 1. The fourth-order valence-corrected chi connectivity index (χ4v) is 5.83. The Hall–Kier alpha value is -1.55. The molecule has 2 aliphatic heterocycles. The van der Waals surface area contributed by atoms with Gasteiger partial charge in [0.1, 0.15) is 5.75 Å². The van der Waals surface area contributed by atoms with E-state index in [9.17, 15) is 4.79 Å². The first-order valence-electron chi connectivity index (χ1n) is 9.88. The second-order valence-electron chi connectivity index (χ2n) is 8.56. The second-order valence-corrected chi connectivity index (χ2v) is 8.56. The van der Waals surface area contributed by atoms with E-state index in [-0.39, 0.29) is 11.3 Å². The summed E-state index contributed by atoms with van der Waals surface area (Å²) in [5.41, 5.74) is 2.85. The molecule has 0 aromatic heterocycles.